The van der Waals surface area contributed by atoms with Gasteiger partial charge in [-0.25, -0.2) is 4.79 Å². The molecule has 152 valence electrons. The molecule has 0 N–H and O–H groups in total. The predicted octanol–water partition coefficient (Wildman–Crippen LogP) is 6.32. The van der Waals surface area contributed by atoms with Gasteiger partial charge < -0.3 is 9.47 Å². The summed E-state index contributed by atoms with van der Waals surface area (Å²) < 4.78 is 49.8. The van der Waals surface area contributed by atoms with Gasteiger partial charge in [0.1, 0.15) is 12.4 Å². The van der Waals surface area contributed by atoms with Gasteiger partial charge >= 0.3 is 12.1 Å². The molecular weight excluding hydrogens is 369 g/mol. The minimum absolute atomic E-state index is 0.0647. The monoisotopic (exact) mass is 394 g/mol. The van der Waals surface area contributed by atoms with Gasteiger partial charge in [0.15, 0.2) is 6.10 Å². The Morgan fingerprint density at radius 1 is 0.964 bits per heavy atom. The van der Waals surface area contributed by atoms with Crippen molar-refractivity contribution in [1.82, 2.24) is 0 Å². The Morgan fingerprint density at radius 2 is 1.64 bits per heavy atom. The topological polar surface area (TPSA) is 35.5 Å². The van der Waals surface area contributed by atoms with Crippen molar-refractivity contribution in [2.75, 3.05) is 0 Å². The van der Waals surface area contributed by atoms with E-state index in [2.05, 4.69) is 0 Å². The third kappa shape index (κ3) is 7.25. The molecule has 0 fully saturated rings. The summed E-state index contributed by atoms with van der Waals surface area (Å²) in [5, 5.41) is 0. The van der Waals surface area contributed by atoms with E-state index in [1.807, 2.05) is 37.3 Å². The fourth-order valence-corrected chi connectivity index (χ4v) is 2.67. The van der Waals surface area contributed by atoms with Crippen molar-refractivity contribution in [3.63, 3.8) is 0 Å². The van der Waals surface area contributed by atoms with Gasteiger partial charge in [0.25, 0.3) is 0 Å². The smallest absolute Gasteiger partial charge is 0.425 e. The molecule has 2 aromatic rings. The Balaban J connectivity index is 1.90. The van der Waals surface area contributed by atoms with Crippen LogP contribution in [-0.2, 0) is 11.3 Å². The lowest BCUT2D eigenvalue weighted by Gasteiger charge is -2.20. The first-order valence-corrected chi connectivity index (χ1v) is 9.44. The molecule has 0 spiro atoms. The fraction of sp³-hybridized carbons (Fsp3) is 0.409. The third-order valence-corrected chi connectivity index (χ3v) is 4.27. The van der Waals surface area contributed by atoms with Crippen molar-refractivity contribution < 1.29 is 27.4 Å². The average molecular weight is 394 g/mol. The Hall–Kier alpha value is -2.50. The highest BCUT2D eigenvalue weighted by Gasteiger charge is 2.42. The summed E-state index contributed by atoms with van der Waals surface area (Å²) in [5.74, 6) is -0.459. The van der Waals surface area contributed by atoms with E-state index in [0.29, 0.717) is 25.2 Å². The molecule has 0 saturated carbocycles. The van der Waals surface area contributed by atoms with Crippen molar-refractivity contribution >= 4 is 5.97 Å². The SMILES string of the molecule is CCCCCC[C@H](OC(=O)c1ccc(OCc2ccccc2)cc1)C(F)(F)F. The molecule has 0 amide bonds. The van der Waals surface area contributed by atoms with E-state index < -0.39 is 18.2 Å². The maximum Gasteiger partial charge on any atom is 0.425 e. The molecule has 0 bridgehead atoms. The van der Waals surface area contributed by atoms with Crippen molar-refractivity contribution in [2.45, 2.75) is 57.9 Å². The molecule has 0 aliphatic rings. The molecule has 6 heteroatoms. The number of esters is 1. The molecule has 2 rings (SSSR count). The van der Waals surface area contributed by atoms with Crippen LogP contribution in [0.2, 0.25) is 0 Å². The lowest BCUT2D eigenvalue weighted by Crippen LogP contribution is -2.33. The number of rotatable bonds is 10. The number of hydrogen-bond acceptors (Lipinski definition) is 3. The van der Waals surface area contributed by atoms with Crippen LogP contribution in [0.3, 0.4) is 0 Å². The lowest BCUT2D eigenvalue weighted by molar-refractivity contribution is -0.206. The van der Waals surface area contributed by atoms with Crippen molar-refractivity contribution in [3.8, 4) is 5.75 Å². The van der Waals surface area contributed by atoms with Crippen LogP contribution in [-0.4, -0.2) is 18.2 Å². The van der Waals surface area contributed by atoms with Crippen LogP contribution in [0, 0.1) is 0 Å². The van der Waals surface area contributed by atoms with Gasteiger partial charge in [-0.2, -0.15) is 13.2 Å². The van der Waals surface area contributed by atoms with Gasteiger partial charge in [-0.15, -0.1) is 0 Å². The van der Waals surface area contributed by atoms with Gasteiger partial charge in [0.05, 0.1) is 5.56 Å². The number of halogens is 3. The second kappa shape index (κ2) is 10.7. The lowest BCUT2D eigenvalue weighted by atomic mass is 10.1. The van der Waals surface area contributed by atoms with Crippen LogP contribution in [0.5, 0.6) is 5.75 Å². The molecule has 3 nitrogen and oxygen atoms in total. The molecule has 0 aliphatic carbocycles. The highest BCUT2D eigenvalue weighted by atomic mass is 19.4. The van der Waals surface area contributed by atoms with Gasteiger partial charge in [-0.3, -0.25) is 0 Å². The molecule has 0 aliphatic heterocycles. The molecule has 0 heterocycles. The second-order valence-electron chi connectivity index (χ2n) is 6.58. The van der Waals surface area contributed by atoms with E-state index in [-0.39, 0.29) is 12.0 Å². The Labute approximate surface area is 163 Å². The van der Waals surface area contributed by atoms with E-state index in [9.17, 15) is 18.0 Å². The summed E-state index contributed by atoms with van der Waals surface area (Å²) >= 11 is 0. The average Bonchev–Trinajstić information content (AvgIpc) is 2.69. The number of alkyl halides is 3. The summed E-state index contributed by atoms with van der Waals surface area (Å²) in [6.07, 6.45) is -4.01. The Bertz CT molecular complexity index is 712. The van der Waals surface area contributed by atoms with Gasteiger partial charge in [0, 0.05) is 0 Å². The minimum Gasteiger partial charge on any atom is -0.489 e. The molecule has 0 radical (unpaired) electrons. The first-order chi connectivity index (χ1) is 13.4. The van der Waals surface area contributed by atoms with Crippen molar-refractivity contribution in [1.29, 1.82) is 0 Å². The van der Waals surface area contributed by atoms with Gasteiger partial charge in [-0.1, -0.05) is 56.5 Å². The number of ether oxygens (including phenoxy) is 2. The van der Waals surface area contributed by atoms with Crippen LogP contribution in [0.1, 0.15) is 54.9 Å². The fourth-order valence-electron chi connectivity index (χ4n) is 2.67. The first-order valence-electron chi connectivity index (χ1n) is 9.44. The summed E-state index contributed by atoms with van der Waals surface area (Å²) in [6.45, 7) is 2.34. The molecule has 1 atom stereocenters. The van der Waals surface area contributed by atoms with Crippen LogP contribution in [0.4, 0.5) is 13.2 Å². The molecule has 0 unspecified atom stereocenters. The van der Waals surface area contributed by atoms with Crippen LogP contribution >= 0.6 is 0 Å². The predicted molar refractivity (Wildman–Crippen MR) is 101 cm³/mol. The maximum absolute atomic E-state index is 13.1. The normalized spacial score (nSPS) is 12.4. The molecule has 2 aromatic carbocycles. The third-order valence-electron chi connectivity index (χ3n) is 4.27. The number of carbonyl (C=O) groups is 1. The van der Waals surface area contributed by atoms with E-state index in [1.54, 1.807) is 12.1 Å². The zero-order valence-corrected chi connectivity index (χ0v) is 15.9. The number of carbonyl (C=O) groups excluding carboxylic acids is 1. The number of benzene rings is 2. The van der Waals surface area contributed by atoms with E-state index in [1.165, 1.54) is 12.1 Å². The summed E-state index contributed by atoms with van der Waals surface area (Å²) in [5.41, 5.74) is 1.05. The van der Waals surface area contributed by atoms with Gasteiger partial charge in [0.2, 0.25) is 0 Å². The molecular formula is C22H25F3O3. The quantitative estimate of drug-likeness (QED) is 0.349. The summed E-state index contributed by atoms with van der Waals surface area (Å²) in [6, 6.07) is 15.5. The molecule has 28 heavy (non-hydrogen) atoms. The Kier molecular flexibility index (Phi) is 8.36. The zero-order valence-electron chi connectivity index (χ0n) is 15.9. The van der Waals surface area contributed by atoms with Crippen LogP contribution < -0.4 is 4.74 Å². The highest BCUT2D eigenvalue weighted by Crippen LogP contribution is 2.28. The van der Waals surface area contributed by atoms with Crippen molar-refractivity contribution in [3.05, 3.63) is 65.7 Å². The highest BCUT2D eigenvalue weighted by molar-refractivity contribution is 5.89. The number of hydrogen-bond donors (Lipinski definition) is 0. The van der Waals surface area contributed by atoms with Crippen LogP contribution in [0.15, 0.2) is 54.6 Å². The molecule has 0 saturated heterocycles. The van der Waals surface area contributed by atoms with E-state index in [0.717, 1.165) is 18.4 Å². The standard InChI is InChI=1S/C22H25F3O3/c1-2-3-4-8-11-20(22(23,24)25)28-21(26)18-12-14-19(15-13-18)27-16-17-9-6-5-7-10-17/h5-7,9-10,12-15,20H,2-4,8,11,16H2,1H3/t20-/m0/s1. The second-order valence-corrected chi connectivity index (χ2v) is 6.58. The van der Waals surface area contributed by atoms with Gasteiger partial charge in [-0.05, 0) is 42.7 Å². The number of unbranched alkanes of at least 4 members (excludes halogenated alkanes) is 3. The van der Waals surface area contributed by atoms with E-state index in [4.69, 9.17) is 9.47 Å². The zero-order chi connectivity index (χ0) is 20.4. The Morgan fingerprint density at radius 3 is 2.25 bits per heavy atom. The minimum atomic E-state index is -4.57. The maximum atomic E-state index is 13.1. The van der Waals surface area contributed by atoms with Crippen LogP contribution in [0.25, 0.3) is 0 Å². The van der Waals surface area contributed by atoms with Crippen molar-refractivity contribution in [2.24, 2.45) is 0 Å². The largest absolute Gasteiger partial charge is 0.489 e. The van der Waals surface area contributed by atoms with E-state index >= 15 is 0 Å². The summed E-state index contributed by atoms with van der Waals surface area (Å²) in [4.78, 5) is 12.1. The summed E-state index contributed by atoms with van der Waals surface area (Å²) in [7, 11) is 0. The molecule has 0 aromatic heterocycles. The first kappa shape index (κ1) is 21.8.